The van der Waals surface area contributed by atoms with Gasteiger partial charge >= 0.3 is 6.18 Å². The first-order valence-corrected chi connectivity index (χ1v) is 11.5. The Labute approximate surface area is 208 Å². The Bertz CT molecular complexity index is 1200. The van der Waals surface area contributed by atoms with Gasteiger partial charge < -0.3 is 19.9 Å². The highest BCUT2D eigenvalue weighted by atomic mass is 35.5. The summed E-state index contributed by atoms with van der Waals surface area (Å²) in [5.41, 5.74) is -0.230. The van der Waals surface area contributed by atoms with Gasteiger partial charge in [-0.2, -0.15) is 13.2 Å². The van der Waals surface area contributed by atoms with Crippen LogP contribution in [-0.4, -0.2) is 39.4 Å². The van der Waals surface area contributed by atoms with E-state index in [0.717, 1.165) is 35.5 Å². The Morgan fingerprint density at radius 2 is 1.83 bits per heavy atom. The largest absolute Gasteiger partial charge is 0.497 e. The standard InChI is InChI=1S/C22H21ClF3N5O3S/c1-31-18(11-27-19(32)9-13-3-6-15(34-2)7-4-13)29-30-21(31)35-12-20(33)28-17-10-14(22(24,25)26)5-8-16(17)23/h3-8,10H,9,11-12H2,1-2H3,(H,27,32)(H,28,33). The lowest BCUT2D eigenvalue weighted by atomic mass is 10.1. The third kappa shape index (κ3) is 7.36. The van der Waals surface area contributed by atoms with Crippen molar-refractivity contribution in [1.82, 2.24) is 20.1 Å². The lowest BCUT2D eigenvalue weighted by Crippen LogP contribution is -2.26. The van der Waals surface area contributed by atoms with Crippen LogP contribution in [0.2, 0.25) is 5.02 Å². The Morgan fingerprint density at radius 3 is 2.49 bits per heavy atom. The zero-order chi connectivity index (χ0) is 25.6. The summed E-state index contributed by atoms with van der Waals surface area (Å²) in [5, 5.41) is 13.5. The van der Waals surface area contributed by atoms with E-state index in [9.17, 15) is 22.8 Å². The number of ether oxygens (including phenoxy) is 1. The molecule has 0 spiro atoms. The Morgan fingerprint density at radius 1 is 1.11 bits per heavy atom. The molecule has 2 amide bonds. The number of hydrogen-bond acceptors (Lipinski definition) is 6. The van der Waals surface area contributed by atoms with Crippen molar-refractivity contribution in [2.75, 3.05) is 18.2 Å². The lowest BCUT2D eigenvalue weighted by molar-refractivity contribution is -0.137. The predicted molar refractivity (Wildman–Crippen MR) is 125 cm³/mol. The Balaban J connectivity index is 1.51. The molecular formula is C22H21ClF3N5O3S. The van der Waals surface area contributed by atoms with Crippen molar-refractivity contribution in [3.8, 4) is 5.75 Å². The second kappa shape index (κ2) is 11.5. The van der Waals surface area contributed by atoms with Crippen molar-refractivity contribution in [2.45, 2.75) is 24.3 Å². The molecule has 3 rings (SSSR count). The molecule has 0 unspecified atom stereocenters. The van der Waals surface area contributed by atoms with Crippen molar-refractivity contribution >= 4 is 40.9 Å². The number of nitrogens with one attached hydrogen (secondary N) is 2. The average Bonchev–Trinajstić information content (AvgIpc) is 3.16. The Kier molecular flexibility index (Phi) is 8.62. The second-order valence-electron chi connectivity index (χ2n) is 7.29. The summed E-state index contributed by atoms with van der Waals surface area (Å²) in [6.45, 7) is 0.130. The number of rotatable bonds is 9. The molecule has 0 aliphatic rings. The van der Waals surface area contributed by atoms with Crippen molar-refractivity contribution in [3.63, 3.8) is 0 Å². The fourth-order valence-corrected chi connectivity index (χ4v) is 3.80. The van der Waals surface area contributed by atoms with Crippen molar-refractivity contribution in [2.24, 2.45) is 7.05 Å². The maximum absolute atomic E-state index is 12.9. The molecule has 3 aromatic rings. The predicted octanol–water partition coefficient (Wildman–Crippen LogP) is 4.09. The third-order valence-electron chi connectivity index (χ3n) is 4.79. The molecule has 13 heteroatoms. The molecule has 0 bridgehead atoms. The lowest BCUT2D eigenvalue weighted by Gasteiger charge is -2.11. The van der Waals surface area contributed by atoms with Crippen LogP contribution < -0.4 is 15.4 Å². The van der Waals surface area contributed by atoms with Crippen molar-refractivity contribution in [3.05, 3.63) is 64.4 Å². The number of nitrogens with zero attached hydrogens (tertiary/aromatic N) is 3. The van der Waals surface area contributed by atoms with Crippen LogP contribution in [0.5, 0.6) is 5.75 Å². The van der Waals surface area contributed by atoms with Gasteiger partial charge in [0.05, 0.1) is 42.1 Å². The van der Waals surface area contributed by atoms with Gasteiger partial charge in [-0.05, 0) is 35.9 Å². The highest BCUT2D eigenvalue weighted by Crippen LogP contribution is 2.34. The van der Waals surface area contributed by atoms with E-state index in [1.165, 1.54) is 0 Å². The summed E-state index contributed by atoms with van der Waals surface area (Å²) in [5.74, 6) is 0.266. The zero-order valence-electron chi connectivity index (χ0n) is 18.6. The number of aromatic nitrogens is 3. The van der Waals surface area contributed by atoms with Crippen LogP contribution in [0.3, 0.4) is 0 Å². The first-order valence-electron chi connectivity index (χ1n) is 10.1. The van der Waals surface area contributed by atoms with Gasteiger partial charge in [0.15, 0.2) is 11.0 Å². The molecule has 0 atom stereocenters. The first kappa shape index (κ1) is 26.4. The highest BCUT2D eigenvalue weighted by molar-refractivity contribution is 7.99. The van der Waals surface area contributed by atoms with Crippen LogP contribution >= 0.6 is 23.4 Å². The summed E-state index contributed by atoms with van der Waals surface area (Å²) in [7, 11) is 3.24. The monoisotopic (exact) mass is 527 g/mol. The van der Waals surface area contributed by atoms with E-state index in [1.807, 2.05) is 0 Å². The number of anilines is 1. The van der Waals surface area contributed by atoms with Gasteiger partial charge in [-0.25, -0.2) is 0 Å². The van der Waals surface area contributed by atoms with Gasteiger partial charge in [0.25, 0.3) is 0 Å². The van der Waals surface area contributed by atoms with Gasteiger partial charge in [0.1, 0.15) is 5.75 Å². The van der Waals surface area contributed by atoms with Crippen LogP contribution in [0.15, 0.2) is 47.6 Å². The fraction of sp³-hybridized carbons (Fsp3) is 0.273. The molecule has 2 aromatic carbocycles. The van der Waals surface area contributed by atoms with Gasteiger partial charge in [0, 0.05) is 7.05 Å². The molecule has 8 nitrogen and oxygen atoms in total. The minimum absolute atomic E-state index is 0.0114. The third-order valence-corrected chi connectivity index (χ3v) is 6.14. The number of carbonyl (C=O) groups is 2. The number of alkyl halides is 3. The van der Waals surface area contributed by atoms with E-state index in [4.69, 9.17) is 16.3 Å². The quantitative estimate of drug-likeness (QED) is 0.407. The van der Waals surface area contributed by atoms with E-state index in [-0.39, 0.29) is 35.3 Å². The summed E-state index contributed by atoms with van der Waals surface area (Å²) in [6.07, 6.45) is -4.38. The normalized spacial score (nSPS) is 11.3. The number of methoxy groups -OCH3 is 1. The van der Waals surface area contributed by atoms with Crippen LogP contribution in [-0.2, 0) is 35.8 Å². The molecule has 2 N–H and O–H groups in total. The molecular weight excluding hydrogens is 507 g/mol. The van der Waals surface area contributed by atoms with E-state index in [2.05, 4.69) is 20.8 Å². The molecule has 186 valence electrons. The van der Waals surface area contributed by atoms with Crippen LogP contribution in [0.1, 0.15) is 17.0 Å². The van der Waals surface area contributed by atoms with Crippen LogP contribution in [0.4, 0.5) is 18.9 Å². The fourth-order valence-electron chi connectivity index (χ4n) is 2.91. The minimum atomic E-state index is -4.56. The molecule has 0 saturated heterocycles. The van der Waals surface area contributed by atoms with E-state index in [0.29, 0.717) is 16.7 Å². The van der Waals surface area contributed by atoms with Crippen molar-refractivity contribution < 1.29 is 27.5 Å². The number of thioether (sulfide) groups is 1. The first-order chi connectivity index (χ1) is 16.6. The smallest absolute Gasteiger partial charge is 0.416 e. The highest BCUT2D eigenvalue weighted by Gasteiger charge is 2.31. The number of halogens is 4. The zero-order valence-corrected chi connectivity index (χ0v) is 20.2. The number of amides is 2. The summed E-state index contributed by atoms with van der Waals surface area (Å²) in [6, 6.07) is 9.83. The number of benzene rings is 2. The number of hydrogen-bond donors (Lipinski definition) is 2. The van der Waals surface area contributed by atoms with E-state index in [1.54, 1.807) is 43.0 Å². The molecule has 1 aromatic heterocycles. The van der Waals surface area contributed by atoms with Gasteiger partial charge in [-0.15, -0.1) is 10.2 Å². The van der Waals surface area contributed by atoms with Gasteiger partial charge in [-0.1, -0.05) is 35.5 Å². The number of carbonyl (C=O) groups excluding carboxylic acids is 2. The van der Waals surface area contributed by atoms with Crippen LogP contribution in [0.25, 0.3) is 0 Å². The topological polar surface area (TPSA) is 98.1 Å². The Hall–Kier alpha value is -3.25. The van der Waals surface area contributed by atoms with Gasteiger partial charge in [0.2, 0.25) is 11.8 Å². The van der Waals surface area contributed by atoms with E-state index < -0.39 is 17.6 Å². The SMILES string of the molecule is COc1ccc(CC(=O)NCc2nnc(SCC(=O)Nc3cc(C(F)(F)F)ccc3Cl)n2C)cc1. The van der Waals surface area contributed by atoms with E-state index >= 15 is 0 Å². The minimum Gasteiger partial charge on any atom is -0.497 e. The summed E-state index contributed by atoms with van der Waals surface area (Å²) >= 11 is 6.94. The van der Waals surface area contributed by atoms with Crippen LogP contribution in [0, 0.1) is 0 Å². The maximum atomic E-state index is 12.9. The molecule has 0 saturated carbocycles. The molecule has 0 aliphatic carbocycles. The van der Waals surface area contributed by atoms with Gasteiger partial charge in [-0.3, -0.25) is 9.59 Å². The molecule has 1 heterocycles. The molecule has 0 radical (unpaired) electrons. The summed E-state index contributed by atoms with van der Waals surface area (Å²) in [4.78, 5) is 24.5. The summed E-state index contributed by atoms with van der Waals surface area (Å²) < 4.78 is 45.4. The van der Waals surface area contributed by atoms with Crippen molar-refractivity contribution in [1.29, 1.82) is 0 Å². The molecule has 0 aliphatic heterocycles. The maximum Gasteiger partial charge on any atom is 0.416 e. The second-order valence-corrected chi connectivity index (χ2v) is 8.64. The molecule has 0 fully saturated rings. The average molecular weight is 528 g/mol. The molecule has 35 heavy (non-hydrogen) atoms.